The minimum atomic E-state index is -0.250. The lowest BCUT2D eigenvalue weighted by atomic mass is 10.1. The van der Waals surface area contributed by atoms with Gasteiger partial charge in [-0.15, -0.1) is 10.2 Å². The molecule has 0 bridgehead atoms. The fraction of sp³-hybridized carbons (Fsp3) is 0.474. The number of hydrogen-bond donors (Lipinski definition) is 2. The highest BCUT2D eigenvalue weighted by atomic mass is 35.5. The number of carbonyl (C=O) groups excluding carboxylic acids is 1. The van der Waals surface area contributed by atoms with E-state index in [0.29, 0.717) is 16.6 Å². The van der Waals surface area contributed by atoms with Crippen molar-refractivity contribution in [1.82, 2.24) is 15.1 Å². The number of piperidine rings is 1. The van der Waals surface area contributed by atoms with Gasteiger partial charge in [-0.25, -0.2) is 0 Å². The van der Waals surface area contributed by atoms with Gasteiger partial charge in [0.15, 0.2) is 0 Å². The summed E-state index contributed by atoms with van der Waals surface area (Å²) in [6.45, 7) is 3.28. The van der Waals surface area contributed by atoms with Gasteiger partial charge in [0.25, 0.3) is 6.47 Å². The third-order valence-electron chi connectivity index (χ3n) is 4.34. The number of nitrogens with one attached hydrogen (secondary N) is 1. The number of benzene rings is 1. The summed E-state index contributed by atoms with van der Waals surface area (Å²) in [5, 5.41) is 19.9. The predicted octanol–water partition coefficient (Wildman–Crippen LogP) is 4.15. The molecular formula is C19H25ClN4O3S. The van der Waals surface area contributed by atoms with Crippen molar-refractivity contribution in [2.45, 2.75) is 38.5 Å². The molecule has 3 rings (SSSR count). The quantitative estimate of drug-likeness (QED) is 0.512. The van der Waals surface area contributed by atoms with Gasteiger partial charge in [-0.2, -0.15) is 0 Å². The van der Waals surface area contributed by atoms with Gasteiger partial charge >= 0.3 is 0 Å². The summed E-state index contributed by atoms with van der Waals surface area (Å²) in [5.41, 5.74) is 0.948. The second kappa shape index (κ2) is 12.4. The number of carbonyl (C=O) groups is 2. The van der Waals surface area contributed by atoms with Gasteiger partial charge in [0, 0.05) is 17.0 Å². The van der Waals surface area contributed by atoms with E-state index in [4.69, 9.17) is 21.5 Å². The number of hydrogen-bond acceptors (Lipinski definition) is 6. The minimum Gasteiger partial charge on any atom is -0.483 e. The second-order valence-corrected chi connectivity index (χ2v) is 7.85. The van der Waals surface area contributed by atoms with Crippen LogP contribution in [-0.2, 0) is 9.59 Å². The van der Waals surface area contributed by atoms with Crippen molar-refractivity contribution in [1.29, 1.82) is 0 Å². The highest BCUT2D eigenvalue weighted by Crippen LogP contribution is 2.27. The van der Waals surface area contributed by atoms with Crippen molar-refractivity contribution < 1.29 is 14.7 Å². The van der Waals surface area contributed by atoms with Gasteiger partial charge in [0.05, 0.1) is 0 Å². The summed E-state index contributed by atoms with van der Waals surface area (Å²) >= 11 is 7.27. The third-order valence-corrected chi connectivity index (χ3v) is 5.48. The van der Waals surface area contributed by atoms with Crippen LogP contribution in [0.25, 0.3) is 10.6 Å². The van der Waals surface area contributed by atoms with Crippen molar-refractivity contribution >= 4 is 40.4 Å². The van der Waals surface area contributed by atoms with Crippen LogP contribution in [-0.4, -0.2) is 52.2 Å². The number of rotatable bonds is 7. The van der Waals surface area contributed by atoms with Gasteiger partial charge < -0.3 is 15.3 Å². The molecule has 2 aromatic rings. The number of anilines is 1. The normalized spacial score (nSPS) is 14.0. The first-order valence-corrected chi connectivity index (χ1v) is 10.5. The molecule has 0 unspecified atom stereocenters. The van der Waals surface area contributed by atoms with Crippen LogP contribution in [0.2, 0.25) is 5.02 Å². The van der Waals surface area contributed by atoms with Gasteiger partial charge in [0.1, 0.15) is 5.01 Å². The van der Waals surface area contributed by atoms with Gasteiger partial charge in [-0.05, 0) is 57.5 Å². The third kappa shape index (κ3) is 7.92. The molecule has 0 atom stereocenters. The molecule has 7 nitrogen and oxygen atoms in total. The standard InChI is InChI=1S/C18H23ClN4OS.CH2O2/c19-15-9-7-14(8-10-15)17-21-22-18(25-17)20-16(24)6-2-5-13-23-11-3-1-4-12-23;2-1-3/h7-10H,1-6,11-13H2,(H,20,22,24);1H,(H,2,3). The van der Waals surface area contributed by atoms with Crippen molar-refractivity contribution in [2.75, 3.05) is 25.0 Å². The summed E-state index contributed by atoms with van der Waals surface area (Å²) < 4.78 is 0. The Bertz CT molecular complexity index is 733. The number of nitrogens with zero attached hydrogens (tertiary/aromatic N) is 3. The Morgan fingerprint density at radius 2 is 1.86 bits per heavy atom. The Kier molecular flexibility index (Phi) is 9.88. The molecule has 2 N–H and O–H groups in total. The summed E-state index contributed by atoms with van der Waals surface area (Å²) in [6.07, 6.45) is 6.49. The van der Waals surface area contributed by atoms with Crippen LogP contribution >= 0.6 is 22.9 Å². The summed E-state index contributed by atoms with van der Waals surface area (Å²) in [6, 6.07) is 7.43. The molecule has 1 aromatic heterocycles. The Hall–Kier alpha value is -2.03. The topological polar surface area (TPSA) is 95.4 Å². The van der Waals surface area contributed by atoms with E-state index in [9.17, 15) is 4.79 Å². The number of aromatic nitrogens is 2. The molecule has 1 fully saturated rings. The number of halogens is 1. The molecule has 0 radical (unpaired) electrons. The lowest BCUT2D eigenvalue weighted by Gasteiger charge is -2.26. The fourth-order valence-electron chi connectivity index (χ4n) is 2.97. The molecule has 2 heterocycles. The maximum Gasteiger partial charge on any atom is 0.290 e. The highest BCUT2D eigenvalue weighted by molar-refractivity contribution is 7.18. The maximum atomic E-state index is 12.1. The Morgan fingerprint density at radius 3 is 2.54 bits per heavy atom. The van der Waals surface area contributed by atoms with E-state index < -0.39 is 0 Å². The van der Waals surface area contributed by atoms with E-state index in [1.807, 2.05) is 24.3 Å². The maximum absolute atomic E-state index is 12.1. The van der Waals surface area contributed by atoms with E-state index in [0.717, 1.165) is 30.0 Å². The Balaban J connectivity index is 0.000000878. The molecule has 0 aliphatic carbocycles. The van der Waals surface area contributed by atoms with Crippen LogP contribution in [0.5, 0.6) is 0 Å². The van der Waals surface area contributed by atoms with E-state index in [2.05, 4.69) is 20.4 Å². The first-order valence-electron chi connectivity index (χ1n) is 9.32. The summed E-state index contributed by atoms with van der Waals surface area (Å²) in [7, 11) is 0. The first-order chi connectivity index (χ1) is 13.6. The van der Waals surface area contributed by atoms with Crippen LogP contribution in [0.4, 0.5) is 5.13 Å². The lowest BCUT2D eigenvalue weighted by Crippen LogP contribution is -2.30. The van der Waals surface area contributed by atoms with E-state index in [-0.39, 0.29) is 12.4 Å². The molecule has 1 saturated heterocycles. The van der Waals surface area contributed by atoms with Crippen molar-refractivity contribution in [3.05, 3.63) is 29.3 Å². The molecule has 1 aliphatic heterocycles. The van der Waals surface area contributed by atoms with Gasteiger partial charge in [-0.3, -0.25) is 9.59 Å². The van der Waals surface area contributed by atoms with E-state index in [1.54, 1.807) is 0 Å². The number of amides is 1. The molecule has 1 amide bonds. The van der Waals surface area contributed by atoms with E-state index in [1.165, 1.54) is 43.7 Å². The number of likely N-dealkylation sites (tertiary alicyclic amines) is 1. The number of unbranched alkanes of at least 4 members (excludes halogenated alkanes) is 1. The number of carboxylic acid groups (broad SMARTS) is 1. The predicted molar refractivity (Wildman–Crippen MR) is 112 cm³/mol. The highest BCUT2D eigenvalue weighted by Gasteiger charge is 2.11. The lowest BCUT2D eigenvalue weighted by molar-refractivity contribution is -0.123. The second-order valence-electron chi connectivity index (χ2n) is 6.43. The average Bonchev–Trinajstić information content (AvgIpc) is 3.16. The molecule has 0 spiro atoms. The van der Waals surface area contributed by atoms with Crippen molar-refractivity contribution in [2.24, 2.45) is 0 Å². The van der Waals surface area contributed by atoms with Gasteiger partial charge in [0.2, 0.25) is 11.0 Å². The van der Waals surface area contributed by atoms with E-state index >= 15 is 0 Å². The van der Waals surface area contributed by atoms with Gasteiger partial charge in [-0.1, -0.05) is 41.5 Å². The zero-order valence-corrected chi connectivity index (χ0v) is 17.2. The van der Waals surface area contributed by atoms with Crippen molar-refractivity contribution in [3.8, 4) is 10.6 Å². The minimum absolute atomic E-state index is 0.0115. The summed E-state index contributed by atoms with van der Waals surface area (Å²) in [4.78, 5) is 22.9. The first kappa shape index (κ1) is 22.3. The molecule has 9 heteroatoms. The average molecular weight is 425 g/mol. The SMILES string of the molecule is O=C(CCCCN1CCCCC1)Nc1nnc(-c2ccc(Cl)cc2)s1.O=CO. The van der Waals surface area contributed by atoms with Crippen LogP contribution in [0.15, 0.2) is 24.3 Å². The molecule has 28 heavy (non-hydrogen) atoms. The summed E-state index contributed by atoms with van der Waals surface area (Å²) in [5.74, 6) is 0.0115. The smallest absolute Gasteiger partial charge is 0.290 e. The fourth-order valence-corrected chi connectivity index (χ4v) is 3.86. The molecule has 1 aromatic carbocycles. The molecule has 1 aliphatic rings. The monoisotopic (exact) mass is 424 g/mol. The zero-order valence-electron chi connectivity index (χ0n) is 15.6. The Labute approximate surface area is 173 Å². The van der Waals surface area contributed by atoms with Crippen LogP contribution in [0.1, 0.15) is 38.5 Å². The molecule has 152 valence electrons. The zero-order chi connectivity index (χ0) is 20.2. The Morgan fingerprint density at radius 1 is 1.18 bits per heavy atom. The van der Waals surface area contributed by atoms with Crippen LogP contribution in [0.3, 0.4) is 0 Å². The van der Waals surface area contributed by atoms with Crippen LogP contribution < -0.4 is 5.32 Å². The van der Waals surface area contributed by atoms with Crippen LogP contribution in [0, 0.1) is 0 Å². The van der Waals surface area contributed by atoms with Crippen molar-refractivity contribution in [3.63, 3.8) is 0 Å². The largest absolute Gasteiger partial charge is 0.483 e. The molecular weight excluding hydrogens is 400 g/mol. The molecule has 0 saturated carbocycles.